The van der Waals surface area contributed by atoms with Crippen LogP contribution in [0.15, 0.2) is 0 Å². The van der Waals surface area contributed by atoms with Crippen molar-refractivity contribution in [2.45, 2.75) is 62.3 Å². The van der Waals surface area contributed by atoms with Gasteiger partial charge < -0.3 is 0 Å². The van der Waals surface area contributed by atoms with Gasteiger partial charge in [0.15, 0.2) is 0 Å². The Morgan fingerprint density at radius 2 is 1.36 bits per heavy atom. The highest BCUT2D eigenvalue weighted by Crippen LogP contribution is 2.08. The second-order valence-electron chi connectivity index (χ2n) is 3.95. The molecule has 0 saturated heterocycles. The molecule has 0 fully saturated rings. The lowest BCUT2D eigenvalue weighted by molar-refractivity contribution is 0.623. The predicted molar refractivity (Wildman–Crippen MR) is 55.7 cm³/mol. The summed E-state index contributed by atoms with van der Waals surface area (Å²) in [7, 11) is 0. The van der Waals surface area contributed by atoms with E-state index in [1.807, 2.05) is 0 Å². The molecule has 0 bridgehead atoms. The molecule has 0 heterocycles. The molecule has 0 nitrogen and oxygen atoms in total. The van der Waals surface area contributed by atoms with Crippen LogP contribution in [0.3, 0.4) is 0 Å². The third kappa shape index (κ3) is 10.5. The maximum Gasteiger partial charge on any atom is 0.255 e. The smallest absolute Gasteiger partial charge is 0.106 e. The van der Waals surface area contributed by atoms with Crippen molar-refractivity contribution in [1.82, 2.24) is 0 Å². The van der Waals surface area contributed by atoms with Gasteiger partial charge in [-0.25, -0.2) is 0 Å². The Bertz CT molecular complexity index is 69.3. The third-order valence-electron chi connectivity index (χ3n) is 2.14. The molecule has 0 aliphatic carbocycles. The molecule has 0 radical (unpaired) electrons. The van der Waals surface area contributed by atoms with Crippen molar-refractivity contribution in [2.75, 3.05) is 0 Å². The van der Waals surface area contributed by atoms with Crippen LogP contribution in [0, 0.1) is 0 Å². The van der Waals surface area contributed by atoms with E-state index in [9.17, 15) is 0 Å². The van der Waals surface area contributed by atoms with Gasteiger partial charge in [0.25, 0.3) is 14.1 Å². The Kier molecular flexibility index (Phi) is 9.05. The van der Waals surface area contributed by atoms with E-state index >= 15 is 0 Å². The van der Waals surface area contributed by atoms with Gasteiger partial charge in [0.2, 0.25) is 0 Å². The molecule has 0 aromatic heterocycles. The van der Waals surface area contributed by atoms with Gasteiger partial charge in [-0.3, -0.25) is 0 Å². The summed E-state index contributed by atoms with van der Waals surface area (Å²) in [5, 5.41) is 1.56. The van der Waals surface area contributed by atoms with Gasteiger partial charge in [-0.05, 0) is 0 Å². The first-order valence-electron chi connectivity index (χ1n) is 5.27. The summed E-state index contributed by atoms with van der Waals surface area (Å²) >= 11 is -0.229. The number of unbranched alkanes of at least 4 members (excludes halogenated alkanes) is 5. The van der Waals surface area contributed by atoms with Crippen LogP contribution >= 0.6 is 0 Å². The van der Waals surface area contributed by atoms with E-state index in [0.717, 1.165) is 0 Å². The Morgan fingerprint density at radius 1 is 0.818 bits per heavy atom. The highest BCUT2D eigenvalue weighted by molar-refractivity contribution is 6.55. The standard InChI is InChI=1S/C8H17.2CH3.Al/c1-3-5-7-8-6-4-2;;;/h1,3-8H2,2H3;2*1H3;. The summed E-state index contributed by atoms with van der Waals surface area (Å²) in [5.74, 6) is 4.90. The van der Waals surface area contributed by atoms with Gasteiger partial charge in [-0.1, -0.05) is 50.7 Å². The van der Waals surface area contributed by atoms with E-state index in [4.69, 9.17) is 0 Å². The van der Waals surface area contributed by atoms with Crippen molar-refractivity contribution in [1.29, 1.82) is 0 Å². The van der Waals surface area contributed by atoms with Crippen molar-refractivity contribution in [3.63, 3.8) is 0 Å². The molecule has 0 aromatic rings. The summed E-state index contributed by atoms with van der Waals surface area (Å²) in [6.07, 6.45) is 8.77. The second kappa shape index (κ2) is 8.63. The van der Waals surface area contributed by atoms with Crippen molar-refractivity contribution < 1.29 is 0 Å². The van der Waals surface area contributed by atoms with E-state index in [-0.39, 0.29) is 14.1 Å². The minimum atomic E-state index is -0.229. The first kappa shape index (κ1) is 11.5. The Balaban J connectivity index is 2.80. The van der Waals surface area contributed by atoms with Crippen LogP contribution in [-0.2, 0) is 0 Å². The summed E-state index contributed by atoms with van der Waals surface area (Å²) in [5.41, 5.74) is 0. The molecule has 0 atom stereocenters. The molecule has 11 heavy (non-hydrogen) atoms. The van der Waals surface area contributed by atoms with Gasteiger partial charge in [0.05, 0.1) is 0 Å². The van der Waals surface area contributed by atoms with Crippen LogP contribution in [0.4, 0.5) is 0 Å². The maximum atomic E-state index is 2.45. The second-order valence-corrected chi connectivity index (χ2v) is 7.32. The largest absolute Gasteiger partial charge is 0.255 e. The SMILES string of the molecule is CCCCCCC[CH2][Al]([CH3])[CH3]. The van der Waals surface area contributed by atoms with Crippen LogP contribution < -0.4 is 0 Å². The first-order valence-corrected chi connectivity index (χ1v) is 8.40. The number of rotatable bonds is 7. The Labute approximate surface area is 76.8 Å². The molecular weight excluding hydrogens is 147 g/mol. The molecular formula is C10H23Al. The average molecular weight is 170 g/mol. The summed E-state index contributed by atoms with van der Waals surface area (Å²) in [6, 6.07) is 0. The third-order valence-corrected chi connectivity index (χ3v) is 3.70. The van der Waals surface area contributed by atoms with Gasteiger partial charge >= 0.3 is 0 Å². The van der Waals surface area contributed by atoms with Crippen molar-refractivity contribution in [2.24, 2.45) is 0 Å². The average Bonchev–Trinajstić information content (AvgIpc) is 1.96. The van der Waals surface area contributed by atoms with E-state index in [1.165, 1.54) is 38.5 Å². The highest BCUT2D eigenvalue weighted by Gasteiger charge is 1.99. The minimum absolute atomic E-state index is 0.229. The van der Waals surface area contributed by atoms with Gasteiger partial charge in [0, 0.05) is 0 Å². The van der Waals surface area contributed by atoms with Gasteiger partial charge in [-0.2, -0.15) is 0 Å². The predicted octanol–water partition coefficient (Wildman–Crippen LogP) is 4.10. The molecule has 1 heteroatoms. The summed E-state index contributed by atoms with van der Waals surface area (Å²) in [6.45, 7) is 2.28. The van der Waals surface area contributed by atoms with Crippen molar-refractivity contribution in [3.8, 4) is 0 Å². The zero-order valence-corrected chi connectivity index (χ0v) is 9.68. The zero-order valence-electron chi connectivity index (χ0n) is 8.53. The molecule has 0 spiro atoms. The molecule has 66 valence electrons. The van der Waals surface area contributed by atoms with Gasteiger partial charge in [0.1, 0.15) is 0 Å². The normalized spacial score (nSPS) is 10.1. The van der Waals surface area contributed by atoms with Crippen LogP contribution in [0.2, 0.25) is 16.9 Å². The Hall–Kier alpha value is 0.532. The maximum absolute atomic E-state index is 2.45. The summed E-state index contributed by atoms with van der Waals surface area (Å²) < 4.78 is 0. The van der Waals surface area contributed by atoms with Gasteiger partial charge in [-0.15, -0.1) is 11.6 Å². The summed E-state index contributed by atoms with van der Waals surface area (Å²) in [4.78, 5) is 0. The van der Waals surface area contributed by atoms with Crippen LogP contribution in [-0.4, -0.2) is 14.1 Å². The molecule has 0 amide bonds. The molecule has 0 aliphatic rings. The highest BCUT2D eigenvalue weighted by atomic mass is 27.2. The Morgan fingerprint density at radius 3 is 1.91 bits per heavy atom. The number of hydrogen-bond acceptors (Lipinski definition) is 0. The van der Waals surface area contributed by atoms with Crippen LogP contribution in [0.1, 0.15) is 45.4 Å². The molecule has 0 aromatic carbocycles. The molecule has 0 aliphatic heterocycles. The fourth-order valence-electron chi connectivity index (χ4n) is 1.33. The van der Waals surface area contributed by atoms with E-state index in [0.29, 0.717) is 0 Å². The number of hydrogen-bond donors (Lipinski definition) is 0. The van der Waals surface area contributed by atoms with Crippen LogP contribution in [0.25, 0.3) is 0 Å². The topological polar surface area (TPSA) is 0 Å². The van der Waals surface area contributed by atoms with Crippen molar-refractivity contribution in [3.05, 3.63) is 0 Å². The monoisotopic (exact) mass is 170 g/mol. The van der Waals surface area contributed by atoms with E-state index < -0.39 is 0 Å². The van der Waals surface area contributed by atoms with E-state index in [1.54, 1.807) is 5.28 Å². The fraction of sp³-hybridized carbons (Fsp3) is 1.00. The lowest BCUT2D eigenvalue weighted by Gasteiger charge is -2.00. The van der Waals surface area contributed by atoms with E-state index in [2.05, 4.69) is 18.5 Å². The lowest BCUT2D eigenvalue weighted by atomic mass is 10.1. The first-order chi connectivity index (χ1) is 5.27. The zero-order chi connectivity index (χ0) is 8.53. The molecule has 0 unspecified atom stereocenters. The molecule has 0 N–H and O–H groups in total. The fourth-order valence-corrected chi connectivity index (χ4v) is 2.44. The van der Waals surface area contributed by atoms with Crippen molar-refractivity contribution >= 4 is 14.1 Å². The van der Waals surface area contributed by atoms with Crippen LogP contribution in [0.5, 0.6) is 0 Å². The minimum Gasteiger partial charge on any atom is -0.106 e. The lowest BCUT2D eigenvalue weighted by Crippen LogP contribution is -1.97. The molecule has 0 rings (SSSR count). The quantitative estimate of drug-likeness (QED) is 0.398. The molecule has 0 saturated carbocycles.